The molecule has 4 nitrogen and oxygen atoms in total. The number of rotatable bonds is 4. The first-order chi connectivity index (χ1) is 8.53. The number of hydrogen-bond donors (Lipinski definition) is 2. The van der Waals surface area contributed by atoms with Gasteiger partial charge in [-0.1, -0.05) is 19.3 Å². The Kier molecular flexibility index (Phi) is 4.82. The molecule has 1 saturated carbocycles. The van der Waals surface area contributed by atoms with Gasteiger partial charge in [0.1, 0.15) is 4.90 Å². The number of nitrogens with two attached hydrogens (primary N) is 1. The molecular formula is C11H17BrN2O2S2. The lowest BCUT2D eigenvalue weighted by atomic mass is 9.96. The molecule has 0 bridgehead atoms. The molecule has 0 aromatic carbocycles. The van der Waals surface area contributed by atoms with Crippen LogP contribution in [0.5, 0.6) is 0 Å². The number of nitrogens with one attached hydrogen (secondary N) is 1. The highest BCUT2D eigenvalue weighted by molar-refractivity contribution is 9.11. The molecule has 0 saturated heterocycles. The van der Waals surface area contributed by atoms with E-state index in [-0.39, 0.29) is 6.04 Å². The third-order valence-electron chi connectivity index (χ3n) is 3.12. The molecule has 1 fully saturated rings. The van der Waals surface area contributed by atoms with E-state index in [0.717, 1.165) is 30.6 Å². The van der Waals surface area contributed by atoms with Crippen LogP contribution >= 0.6 is 27.3 Å². The second-order valence-corrected chi connectivity index (χ2v) is 8.65. The number of thiophene rings is 1. The summed E-state index contributed by atoms with van der Waals surface area (Å²) in [6.07, 6.45) is 5.28. The molecule has 1 heterocycles. The lowest BCUT2D eigenvalue weighted by Crippen LogP contribution is -2.36. The van der Waals surface area contributed by atoms with Crippen molar-refractivity contribution in [3.05, 3.63) is 14.7 Å². The normalized spacial score (nSPS) is 18.1. The molecule has 0 aliphatic heterocycles. The van der Waals surface area contributed by atoms with Crippen LogP contribution in [0, 0.1) is 0 Å². The van der Waals surface area contributed by atoms with Crippen LogP contribution in [-0.4, -0.2) is 14.5 Å². The smallest absolute Gasteiger partial charge is 0.242 e. The van der Waals surface area contributed by atoms with Gasteiger partial charge in [0.25, 0.3) is 0 Å². The average Bonchev–Trinajstić information content (AvgIpc) is 2.72. The molecule has 0 radical (unpaired) electrons. The maximum absolute atomic E-state index is 12.3. The molecule has 2 rings (SSSR count). The minimum Gasteiger partial charge on any atom is -0.326 e. The van der Waals surface area contributed by atoms with Gasteiger partial charge in [0.15, 0.2) is 0 Å². The predicted octanol–water partition coefficient (Wildman–Crippen LogP) is 2.58. The maximum atomic E-state index is 12.3. The van der Waals surface area contributed by atoms with Crippen LogP contribution in [0.25, 0.3) is 0 Å². The lowest BCUT2D eigenvalue weighted by Gasteiger charge is -2.22. The van der Waals surface area contributed by atoms with E-state index in [1.54, 1.807) is 6.07 Å². The van der Waals surface area contributed by atoms with Gasteiger partial charge in [-0.05, 0) is 34.8 Å². The number of hydrogen-bond acceptors (Lipinski definition) is 4. The summed E-state index contributed by atoms with van der Waals surface area (Å²) in [5, 5.41) is 0. The highest BCUT2D eigenvalue weighted by atomic mass is 79.9. The molecule has 1 aliphatic rings. The van der Waals surface area contributed by atoms with Gasteiger partial charge < -0.3 is 5.73 Å². The molecular weight excluding hydrogens is 336 g/mol. The second kappa shape index (κ2) is 6.00. The van der Waals surface area contributed by atoms with Gasteiger partial charge in [0.2, 0.25) is 10.0 Å². The summed E-state index contributed by atoms with van der Waals surface area (Å²) < 4.78 is 28.0. The van der Waals surface area contributed by atoms with Crippen molar-refractivity contribution in [3.8, 4) is 0 Å². The molecule has 3 N–H and O–H groups in total. The van der Waals surface area contributed by atoms with Gasteiger partial charge in [-0.15, -0.1) is 11.3 Å². The average molecular weight is 353 g/mol. The van der Waals surface area contributed by atoms with Crippen molar-refractivity contribution in [1.82, 2.24) is 4.72 Å². The van der Waals surface area contributed by atoms with Crippen LogP contribution < -0.4 is 10.5 Å². The van der Waals surface area contributed by atoms with Gasteiger partial charge >= 0.3 is 0 Å². The largest absolute Gasteiger partial charge is 0.326 e. The van der Waals surface area contributed by atoms with Crippen LogP contribution in [-0.2, 0) is 16.6 Å². The third kappa shape index (κ3) is 3.33. The number of sulfonamides is 1. The van der Waals surface area contributed by atoms with Crippen LogP contribution in [0.15, 0.2) is 14.7 Å². The monoisotopic (exact) mass is 352 g/mol. The van der Waals surface area contributed by atoms with Crippen molar-refractivity contribution in [2.24, 2.45) is 5.73 Å². The van der Waals surface area contributed by atoms with Gasteiger partial charge in [0, 0.05) is 17.5 Å². The minimum atomic E-state index is -3.42. The van der Waals surface area contributed by atoms with Crippen LogP contribution in [0.3, 0.4) is 0 Å². The van der Waals surface area contributed by atoms with Crippen molar-refractivity contribution in [1.29, 1.82) is 0 Å². The van der Waals surface area contributed by atoms with E-state index in [2.05, 4.69) is 20.7 Å². The van der Waals surface area contributed by atoms with E-state index in [0.29, 0.717) is 15.2 Å². The molecule has 1 aromatic rings. The zero-order valence-corrected chi connectivity index (χ0v) is 13.2. The Balaban J connectivity index is 2.16. The van der Waals surface area contributed by atoms with Crippen molar-refractivity contribution < 1.29 is 8.42 Å². The molecule has 1 aliphatic carbocycles. The van der Waals surface area contributed by atoms with Crippen LogP contribution in [0.4, 0.5) is 0 Å². The SMILES string of the molecule is NCc1cc(S(=O)(=O)NC2CCCCC2)c(Br)s1. The summed E-state index contributed by atoms with van der Waals surface area (Å²) in [7, 11) is -3.42. The first kappa shape index (κ1) is 14.5. The zero-order valence-electron chi connectivity index (χ0n) is 9.99. The van der Waals surface area contributed by atoms with Crippen molar-refractivity contribution in [2.75, 3.05) is 0 Å². The van der Waals surface area contributed by atoms with E-state index >= 15 is 0 Å². The Morgan fingerprint density at radius 3 is 2.61 bits per heavy atom. The summed E-state index contributed by atoms with van der Waals surface area (Å²) in [4.78, 5) is 1.18. The first-order valence-electron chi connectivity index (χ1n) is 6.03. The van der Waals surface area contributed by atoms with E-state index in [1.165, 1.54) is 17.8 Å². The Morgan fingerprint density at radius 1 is 1.39 bits per heavy atom. The highest BCUT2D eigenvalue weighted by Gasteiger charge is 2.25. The molecule has 0 amide bonds. The molecule has 7 heteroatoms. The summed E-state index contributed by atoms with van der Waals surface area (Å²) in [6, 6.07) is 1.73. The maximum Gasteiger partial charge on any atom is 0.242 e. The lowest BCUT2D eigenvalue weighted by molar-refractivity contribution is 0.412. The fraction of sp³-hybridized carbons (Fsp3) is 0.636. The molecule has 1 aromatic heterocycles. The zero-order chi connectivity index (χ0) is 13.2. The topological polar surface area (TPSA) is 72.2 Å². The van der Waals surface area contributed by atoms with Gasteiger partial charge in [-0.25, -0.2) is 13.1 Å². The van der Waals surface area contributed by atoms with Gasteiger partial charge in [0.05, 0.1) is 3.79 Å². The van der Waals surface area contributed by atoms with Gasteiger partial charge in [-0.2, -0.15) is 0 Å². The molecule has 18 heavy (non-hydrogen) atoms. The van der Waals surface area contributed by atoms with Crippen molar-refractivity contribution in [2.45, 2.75) is 49.6 Å². The van der Waals surface area contributed by atoms with Crippen molar-refractivity contribution >= 4 is 37.3 Å². The number of halogens is 1. The standard InChI is InChI=1S/C11H17BrN2O2S2/c12-11-10(6-9(7-13)17-11)18(15,16)14-8-4-2-1-3-5-8/h6,8,14H,1-5,7,13H2. The highest BCUT2D eigenvalue weighted by Crippen LogP contribution is 2.32. The Morgan fingerprint density at radius 2 is 2.06 bits per heavy atom. The predicted molar refractivity (Wildman–Crippen MR) is 77.1 cm³/mol. The second-order valence-electron chi connectivity index (χ2n) is 4.51. The van der Waals surface area contributed by atoms with Crippen LogP contribution in [0.2, 0.25) is 0 Å². The van der Waals surface area contributed by atoms with E-state index in [1.807, 2.05) is 0 Å². The third-order valence-corrected chi connectivity index (χ3v) is 6.92. The molecule has 102 valence electrons. The van der Waals surface area contributed by atoms with E-state index < -0.39 is 10.0 Å². The summed E-state index contributed by atoms with van der Waals surface area (Å²) >= 11 is 4.68. The van der Waals surface area contributed by atoms with E-state index in [9.17, 15) is 8.42 Å². The molecule has 0 spiro atoms. The Labute approximate surface area is 120 Å². The van der Waals surface area contributed by atoms with Crippen LogP contribution in [0.1, 0.15) is 37.0 Å². The Bertz CT molecular complexity index is 507. The molecule has 0 unspecified atom stereocenters. The van der Waals surface area contributed by atoms with Crippen molar-refractivity contribution in [3.63, 3.8) is 0 Å². The fourth-order valence-electron chi connectivity index (χ4n) is 2.18. The van der Waals surface area contributed by atoms with Gasteiger partial charge in [-0.3, -0.25) is 0 Å². The summed E-state index contributed by atoms with van der Waals surface area (Å²) in [6.45, 7) is 0.363. The minimum absolute atomic E-state index is 0.0804. The Hall–Kier alpha value is 0.0500. The fourth-order valence-corrected chi connectivity index (χ4v) is 6.05. The van der Waals surface area contributed by atoms with E-state index in [4.69, 9.17) is 5.73 Å². The summed E-state index contributed by atoms with van der Waals surface area (Å²) in [5.41, 5.74) is 5.53. The first-order valence-corrected chi connectivity index (χ1v) is 9.13. The molecule has 0 atom stereocenters. The summed E-state index contributed by atoms with van der Waals surface area (Å²) in [5.74, 6) is 0. The quantitative estimate of drug-likeness (QED) is 0.874.